The average molecular weight is 377 g/mol. The number of carbonyl (C=O) groups excluding carboxylic acids is 1. The summed E-state index contributed by atoms with van der Waals surface area (Å²) in [6, 6.07) is 13.6. The topological polar surface area (TPSA) is 64.3 Å². The lowest BCUT2D eigenvalue weighted by Crippen LogP contribution is -2.25. The number of methoxy groups -OCH3 is 1. The van der Waals surface area contributed by atoms with Gasteiger partial charge in [0.25, 0.3) is 0 Å². The molecule has 0 spiro atoms. The highest BCUT2D eigenvalue weighted by Gasteiger charge is 2.05. The van der Waals surface area contributed by atoms with Crippen LogP contribution in [0.3, 0.4) is 0 Å². The van der Waals surface area contributed by atoms with Crippen LogP contribution in [0.25, 0.3) is 0 Å². The Morgan fingerprint density at radius 3 is 2.48 bits per heavy atom. The van der Waals surface area contributed by atoms with Crippen molar-refractivity contribution in [3.63, 3.8) is 0 Å². The minimum Gasteiger partial charge on any atom is -0.496 e. The van der Waals surface area contributed by atoms with Crippen LogP contribution in [0.2, 0.25) is 0 Å². The summed E-state index contributed by atoms with van der Waals surface area (Å²) in [4.78, 5) is 11.9. The minimum atomic E-state index is 0.0624. The maximum Gasteiger partial charge on any atom is 0.220 e. The first-order valence-corrected chi connectivity index (χ1v) is 8.31. The molecule has 0 bridgehead atoms. The molecule has 1 amide bonds. The number of nitrogen functional groups attached to an aromatic ring is 1. The summed E-state index contributed by atoms with van der Waals surface area (Å²) in [5.74, 6) is 0.856. The van der Waals surface area contributed by atoms with Gasteiger partial charge < -0.3 is 15.8 Å². The van der Waals surface area contributed by atoms with E-state index in [1.165, 1.54) is 5.56 Å². The number of ether oxygens (including phenoxy) is 1. The standard InChI is InChI=1S/C18H21BrN2O2/c1-23-17-8-4-14(12-16(17)19)5-9-18(22)21-11-10-13-2-6-15(20)7-3-13/h2-4,6-8,12H,5,9-11,20H2,1H3,(H,21,22). The van der Waals surface area contributed by atoms with Gasteiger partial charge in [0.15, 0.2) is 0 Å². The molecule has 0 atom stereocenters. The summed E-state index contributed by atoms with van der Waals surface area (Å²) in [6.45, 7) is 0.634. The first kappa shape index (κ1) is 17.3. The molecule has 0 heterocycles. The fourth-order valence-electron chi connectivity index (χ4n) is 2.24. The van der Waals surface area contributed by atoms with Crippen molar-refractivity contribution in [2.75, 3.05) is 19.4 Å². The van der Waals surface area contributed by atoms with Gasteiger partial charge in [-0.3, -0.25) is 4.79 Å². The number of amides is 1. The molecule has 0 aromatic heterocycles. The molecular formula is C18H21BrN2O2. The van der Waals surface area contributed by atoms with Crippen molar-refractivity contribution in [1.82, 2.24) is 5.32 Å². The van der Waals surface area contributed by atoms with Crippen LogP contribution < -0.4 is 15.8 Å². The lowest BCUT2D eigenvalue weighted by atomic mass is 10.1. The second kappa shape index (κ2) is 8.58. The summed E-state index contributed by atoms with van der Waals surface area (Å²) < 4.78 is 6.10. The molecule has 23 heavy (non-hydrogen) atoms. The second-order valence-corrected chi connectivity index (χ2v) is 6.16. The highest BCUT2D eigenvalue weighted by molar-refractivity contribution is 9.10. The summed E-state index contributed by atoms with van der Waals surface area (Å²) in [7, 11) is 1.63. The molecule has 0 aliphatic heterocycles. The lowest BCUT2D eigenvalue weighted by molar-refractivity contribution is -0.121. The van der Waals surface area contributed by atoms with E-state index in [2.05, 4.69) is 21.2 Å². The number of carbonyl (C=O) groups is 1. The number of aryl methyl sites for hydroxylation is 1. The van der Waals surface area contributed by atoms with Gasteiger partial charge in [0.1, 0.15) is 5.75 Å². The number of halogens is 1. The maximum absolute atomic E-state index is 11.9. The number of nitrogens with two attached hydrogens (primary N) is 1. The maximum atomic E-state index is 11.9. The van der Waals surface area contributed by atoms with Crippen LogP contribution in [0.15, 0.2) is 46.9 Å². The molecule has 0 radical (unpaired) electrons. The third-order valence-electron chi connectivity index (χ3n) is 3.57. The zero-order valence-electron chi connectivity index (χ0n) is 13.1. The van der Waals surface area contributed by atoms with Crippen molar-refractivity contribution in [2.45, 2.75) is 19.3 Å². The molecule has 0 unspecified atom stereocenters. The zero-order chi connectivity index (χ0) is 16.7. The van der Waals surface area contributed by atoms with Gasteiger partial charge in [-0.25, -0.2) is 0 Å². The van der Waals surface area contributed by atoms with Crippen molar-refractivity contribution >= 4 is 27.5 Å². The van der Waals surface area contributed by atoms with E-state index < -0.39 is 0 Å². The molecule has 5 heteroatoms. The van der Waals surface area contributed by atoms with Crippen LogP contribution in [-0.2, 0) is 17.6 Å². The fraction of sp³-hybridized carbons (Fsp3) is 0.278. The molecule has 122 valence electrons. The van der Waals surface area contributed by atoms with Gasteiger partial charge in [-0.15, -0.1) is 0 Å². The third kappa shape index (κ3) is 5.60. The van der Waals surface area contributed by atoms with Crippen LogP contribution in [0.1, 0.15) is 17.5 Å². The highest BCUT2D eigenvalue weighted by atomic mass is 79.9. The predicted octanol–water partition coefficient (Wildman–Crippen LogP) is 3.33. The van der Waals surface area contributed by atoms with Gasteiger partial charge in [-0.05, 0) is 64.2 Å². The Labute approximate surface area is 145 Å². The van der Waals surface area contributed by atoms with Crippen molar-refractivity contribution in [3.8, 4) is 5.75 Å². The minimum absolute atomic E-state index is 0.0624. The molecule has 2 aromatic carbocycles. The van der Waals surface area contributed by atoms with E-state index in [0.29, 0.717) is 19.4 Å². The summed E-state index contributed by atoms with van der Waals surface area (Å²) in [5, 5.41) is 2.95. The molecule has 2 aromatic rings. The second-order valence-electron chi connectivity index (χ2n) is 5.31. The molecule has 0 aliphatic rings. The number of anilines is 1. The molecule has 0 fully saturated rings. The monoisotopic (exact) mass is 376 g/mol. The van der Waals surface area contributed by atoms with Gasteiger partial charge in [0.2, 0.25) is 5.91 Å². The first-order chi connectivity index (χ1) is 11.1. The quantitative estimate of drug-likeness (QED) is 0.728. The van der Waals surface area contributed by atoms with Crippen LogP contribution in [0.5, 0.6) is 5.75 Å². The Kier molecular flexibility index (Phi) is 6.47. The Bertz CT molecular complexity index is 657. The largest absolute Gasteiger partial charge is 0.496 e. The average Bonchev–Trinajstić information content (AvgIpc) is 2.55. The summed E-state index contributed by atoms with van der Waals surface area (Å²) >= 11 is 3.45. The lowest BCUT2D eigenvalue weighted by Gasteiger charge is -2.08. The number of nitrogens with one attached hydrogen (secondary N) is 1. The number of benzene rings is 2. The Hall–Kier alpha value is -2.01. The molecule has 4 nitrogen and oxygen atoms in total. The summed E-state index contributed by atoms with van der Waals surface area (Å²) in [6.07, 6.45) is 1.98. The van der Waals surface area contributed by atoms with Crippen molar-refractivity contribution in [3.05, 3.63) is 58.1 Å². The van der Waals surface area contributed by atoms with Crippen LogP contribution >= 0.6 is 15.9 Å². The van der Waals surface area contributed by atoms with E-state index in [9.17, 15) is 4.79 Å². The normalized spacial score (nSPS) is 10.3. The van der Waals surface area contributed by atoms with Crippen LogP contribution in [-0.4, -0.2) is 19.6 Å². The molecular weight excluding hydrogens is 356 g/mol. The van der Waals surface area contributed by atoms with E-state index in [1.807, 2.05) is 42.5 Å². The van der Waals surface area contributed by atoms with Crippen molar-refractivity contribution in [1.29, 1.82) is 0 Å². The zero-order valence-corrected chi connectivity index (χ0v) is 14.7. The Balaban J connectivity index is 1.72. The van der Waals surface area contributed by atoms with Gasteiger partial charge in [0.05, 0.1) is 11.6 Å². The highest BCUT2D eigenvalue weighted by Crippen LogP contribution is 2.25. The molecule has 3 N–H and O–H groups in total. The molecule has 0 aliphatic carbocycles. The number of hydrogen-bond acceptors (Lipinski definition) is 3. The predicted molar refractivity (Wildman–Crippen MR) is 96.6 cm³/mol. The third-order valence-corrected chi connectivity index (χ3v) is 4.19. The molecule has 0 saturated heterocycles. The molecule has 2 rings (SSSR count). The smallest absolute Gasteiger partial charge is 0.220 e. The van der Waals surface area contributed by atoms with Gasteiger partial charge in [-0.1, -0.05) is 18.2 Å². The number of rotatable bonds is 7. The van der Waals surface area contributed by atoms with E-state index in [0.717, 1.165) is 27.9 Å². The van der Waals surface area contributed by atoms with Gasteiger partial charge >= 0.3 is 0 Å². The van der Waals surface area contributed by atoms with Crippen LogP contribution in [0.4, 0.5) is 5.69 Å². The first-order valence-electron chi connectivity index (χ1n) is 7.52. The van der Waals surface area contributed by atoms with Gasteiger partial charge in [-0.2, -0.15) is 0 Å². The fourth-order valence-corrected chi connectivity index (χ4v) is 2.83. The Morgan fingerprint density at radius 1 is 1.13 bits per heavy atom. The SMILES string of the molecule is COc1ccc(CCC(=O)NCCc2ccc(N)cc2)cc1Br. The van der Waals surface area contributed by atoms with E-state index >= 15 is 0 Å². The number of hydrogen-bond donors (Lipinski definition) is 2. The van der Waals surface area contributed by atoms with E-state index in [-0.39, 0.29) is 5.91 Å². The van der Waals surface area contributed by atoms with E-state index in [1.54, 1.807) is 7.11 Å². The summed E-state index contributed by atoms with van der Waals surface area (Å²) in [5.41, 5.74) is 8.67. The van der Waals surface area contributed by atoms with Crippen LogP contribution in [0, 0.1) is 0 Å². The van der Waals surface area contributed by atoms with Crippen molar-refractivity contribution < 1.29 is 9.53 Å². The van der Waals surface area contributed by atoms with E-state index in [4.69, 9.17) is 10.5 Å². The van der Waals surface area contributed by atoms with Gasteiger partial charge in [0, 0.05) is 18.7 Å². The molecule has 0 saturated carbocycles. The van der Waals surface area contributed by atoms with Crippen molar-refractivity contribution in [2.24, 2.45) is 0 Å². The Morgan fingerprint density at radius 2 is 1.83 bits per heavy atom.